The van der Waals surface area contributed by atoms with E-state index in [0.29, 0.717) is 17.7 Å². The van der Waals surface area contributed by atoms with Gasteiger partial charge in [-0.25, -0.2) is 4.39 Å². The van der Waals surface area contributed by atoms with E-state index >= 15 is 0 Å². The molecule has 2 rings (SSSR count). The molecule has 188 valence electrons. The molecule has 1 amide bonds. The number of hydrogen-bond acceptors (Lipinski definition) is 3. The molecule has 0 atom stereocenters. The summed E-state index contributed by atoms with van der Waals surface area (Å²) in [6.45, 7) is 20.6. The van der Waals surface area contributed by atoms with Crippen molar-refractivity contribution in [3.05, 3.63) is 115 Å². The monoisotopic (exact) mass is 494 g/mol. The molecule has 0 fully saturated rings. The first-order chi connectivity index (χ1) is 16.8. The second kappa shape index (κ2) is 19.2. The highest BCUT2D eigenvalue weighted by Crippen LogP contribution is 2.32. The number of carbonyl (C=O) groups excluding carboxylic acids is 1. The van der Waals surface area contributed by atoms with E-state index in [-0.39, 0.29) is 11.7 Å². The van der Waals surface area contributed by atoms with E-state index in [9.17, 15) is 9.18 Å². The summed E-state index contributed by atoms with van der Waals surface area (Å²) in [6, 6.07) is 7.88. The van der Waals surface area contributed by atoms with Gasteiger partial charge >= 0.3 is 0 Å². The first-order valence-electron chi connectivity index (χ1n) is 11.6. The van der Waals surface area contributed by atoms with Crippen LogP contribution in [-0.2, 0) is 4.79 Å². The zero-order chi connectivity index (χ0) is 26.6. The molecule has 0 aromatic heterocycles. The molecule has 0 unspecified atom stereocenters. The third-order valence-electron chi connectivity index (χ3n) is 4.57. The lowest BCUT2D eigenvalue weighted by Gasteiger charge is -2.15. The number of allylic oxidation sites excluding steroid dienone is 8. The van der Waals surface area contributed by atoms with Crippen LogP contribution in [0.3, 0.4) is 0 Å². The van der Waals surface area contributed by atoms with E-state index in [2.05, 4.69) is 38.2 Å². The van der Waals surface area contributed by atoms with Crippen LogP contribution in [0.15, 0.2) is 119 Å². The molecule has 0 spiro atoms. The second-order valence-electron chi connectivity index (χ2n) is 7.43. The van der Waals surface area contributed by atoms with Crippen molar-refractivity contribution in [3.8, 4) is 0 Å². The van der Waals surface area contributed by atoms with Gasteiger partial charge in [0.25, 0.3) is 0 Å². The highest BCUT2D eigenvalue weighted by Gasteiger charge is 2.17. The molecule has 0 saturated carbocycles. The Bertz CT molecular complexity index is 980. The summed E-state index contributed by atoms with van der Waals surface area (Å²) in [5.74, 6) is -0.163. The van der Waals surface area contributed by atoms with Crippen molar-refractivity contribution >= 4 is 23.4 Å². The third-order valence-corrected chi connectivity index (χ3v) is 5.64. The van der Waals surface area contributed by atoms with Crippen LogP contribution < -0.4 is 0 Å². The number of thioether (sulfide) groups is 1. The lowest BCUT2D eigenvalue weighted by molar-refractivity contribution is -0.129. The van der Waals surface area contributed by atoms with Crippen molar-refractivity contribution in [2.75, 3.05) is 13.6 Å². The predicted octanol–water partition coefficient (Wildman–Crippen LogP) is 8.61. The van der Waals surface area contributed by atoms with Crippen molar-refractivity contribution in [2.45, 2.75) is 44.9 Å². The lowest BCUT2D eigenvalue weighted by Crippen LogP contribution is -2.26. The number of hydrogen-bond donors (Lipinski definition) is 0. The lowest BCUT2D eigenvalue weighted by atomic mass is 10.0. The number of halogens is 1. The van der Waals surface area contributed by atoms with Crippen molar-refractivity contribution in [1.82, 2.24) is 4.90 Å². The Morgan fingerprint density at radius 3 is 2.37 bits per heavy atom. The summed E-state index contributed by atoms with van der Waals surface area (Å²) in [5, 5.41) is 1.97. The highest BCUT2D eigenvalue weighted by molar-refractivity contribution is 8.02. The maximum atomic E-state index is 14.2. The molecule has 0 radical (unpaired) electrons. The van der Waals surface area contributed by atoms with Gasteiger partial charge in [-0.1, -0.05) is 93.4 Å². The van der Waals surface area contributed by atoms with E-state index in [1.807, 2.05) is 43.6 Å². The van der Waals surface area contributed by atoms with E-state index in [4.69, 9.17) is 0 Å². The smallest absolute Gasteiger partial charge is 0.226 e. The minimum absolute atomic E-state index is 0.161. The fourth-order valence-corrected chi connectivity index (χ4v) is 3.52. The number of unbranched alkanes of at least 4 members (excludes halogenated alkanes) is 1. The molecule has 1 aromatic carbocycles. The predicted molar refractivity (Wildman–Crippen MR) is 153 cm³/mol. The van der Waals surface area contributed by atoms with Gasteiger partial charge in [-0.05, 0) is 37.8 Å². The van der Waals surface area contributed by atoms with Gasteiger partial charge in [-0.2, -0.15) is 0 Å². The SMILES string of the molecule is C=C/C(C1=NC(C)=CSc2ccccc21)=C(F)\C=C/C.C=CC=C.C=CCC(=O)N(C)CCCC. The zero-order valence-electron chi connectivity index (χ0n) is 21.6. The topological polar surface area (TPSA) is 32.7 Å². The summed E-state index contributed by atoms with van der Waals surface area (Å²) in [4.78, 5) is 18.5. The second-order valence-corrected chi connectivity index (χ2v) is 8.34. The molecule has 1 heterocycles. The summed E-state index contributed by atoms with van der Waals surface area (Å²) < 4.78 is 14.2. The van der Waals surface area contributed by atoms with E-state index in [1.165, 1.54) is 12.2 Å². The molecular formula is C30H39FN2OS. The summed E-state index contributed by atoms with van der Waals surface area (Å²) in [6.07, 6.45) is 12.2. The number of amides is 1. The molecule has 0 bridgehead atoms. The largest absolute Gasteiger partial charge is 0.345 e. The molecule has 1 aliphatic rings. The number of rotatable bonds is 9. The summed E-state index contributed by atoms with van der Waals surface area (Å²) in [7, 11) is 1.83. The van der Waals surface area contributed by atoms with Crippen LogP contribution in [0, 0.1) is 0 Å². The van der Waals surface area contributed by atoms with Gasteiger partial charge in [0.2, 0.25) is 5.91 Å². The molecule has 1 aliphatic heterocycles. The van der Waals surface area contributed by atoms with Gasteiger partial charge in [-0.3, -0.25) is 9.79 Å². The zero-order valence-corrected chi connectivity index (χ0v) is 22.4. The van der Waals surface area contributed by atoms with E-state index < -0.39 is 0 Å². The fraction of sp³-hybridized carbons (Fsp3) is 0.267. The Morgan fingerprint density at radius 2 is 1.83 bits per heavy atom. The number of fused-ring (bicyclic) bond motifs is 1. The van der Waals surface area contributed by atoms with Gasteiger partial charge < -0.3 is 4.90 Å². The molecule has 0 aliphatic carbocycles. The van der Waals surface area contributed by atoms with E-state index in [1.54, 1.807) is 47.9 Å². The molecule has 35 heavy (non-hydrogen) atoms. The van der Waals surface area contributed by atoms with Crippen LogP contribution >= 0.6 is 11.8 Å². The third kappa shape index (κ3) is 12.2. The molecular weight excluding hydrogens is 455 g/mol. The first kappa shape index (κ1) is 31.8. The first-order valence-corrected chi connectivity index (χ1v) is 12.4. The van der Waals surface area contributed by atoms with Crippen molar-refractivity contribution < 1.29 is 9.18 Å². The minimum atomic E-state index is -0.323. The van der Waals surface area contributed by atoms with Gasteiger partial charge in [0, 0.05) is 41.7 Å². The highest BCUT2D eigenvalue weighted by atomic mass is 32.2. The molecule has 3 nitrogen and oxygen atoms in total. The van der Waals surface area contributed by atoms with E-state index in [0.717, 1.165) is 35.5 Å². The summed E-state index contributed by atoms with van der Waals surface area (Å²) in [5.41, 5.74) is 2.84. The average molecular weight is 495 g/mol. The molecule has 0 saturated heterocycles. The van der Waals surface area contributed by atoms with Crippen molar-refractivity contribution in [3.63, 3.8) is 0 Å². The van der Waals surface area contributed by atoms with Crippen LogP contribution in [0.1, 0.15) is 45.6 Å². The van der Waals surface area contributed by atoms with Crippen LogP contribution in [0.5, 0.6) is 0 Å². The van der Waals surface area contributed by atoms with Gasteiger partial charge in [0.15, 0.2) is 0 Å². The minimum Gasteiger partial charge on any atom is -0.345 e. The Balaban J connectivity index is 0.000000651. The number of carbonyl (C=O) groups is 1. The molecule has 0 N–H and O–H groups in total. The van der Waals surface area contributed by atoms with Gasteiger partial charge in [0.1, 0.15) is 5.83 Å². The van der Waals surface area contributed by atoms with Crippen LogP contribution in [-0.4, -0.2) is 30.1 Å². The quantitative estimate of drug-likeness (QED) is 0.254. The Morgan fingerprint density at radius 1 is 1.17 bits per heavy atom. The maximum absolute atomic E-state index is 14.2. The van der Waals surface area contributed by atoms with Gasteiger partial charge in [-0.15, -0.1) is 6.58 Å². The molecule has 5 heteroatoms. The standard InChI is InChI=1S/C17H16FNS.C9H17NO.C4H6/c1-4-8-15(18)13(5-2)17-14-9-6-7-10-16(14)20-11-12(3)19-17;1-4-6-8-10(3)9(11)7-5-2;1-3-4-2/h4-11H,2H2,1,3H3;5H,2,4,6-8H2,1,3H3;3-4H,1-2H2/b8-4-,15-13-;;. The summed E-state index contributed by atoms with van der Waals surface area (Å²) >= 11 is 1.60. The Kier molecular flexibility index (Phi) is 17.4. The average Bonchev–Trinajstić information content (AvgIpc) is 3.03. The number of nitrogens with zero attached hydrogens (tertiary/aromatic N) is 2. The number of benzene rings is 1. The number of aliphatic imine (C=N–C) groups is 1. The van der Waals surface area contributed by atoms with Crippen LogP contribution in [0.4, 0.5) is 4.39 Å². The van der Waals surface area contributed by atoms with Crippen LogP contribution in [0.2, 0.25) is 0 Å². The molecule has 1 aromatic rings. The Labute approximate surface area is 215 Å². The van der Waals surface area contributed by atoms with Gasteiger partial charge in [0.05, 0.1) is 5.71 Å². The Hall–Kier alpha value is -3.18. The normalized spacial score (nSPS) is 12.6. The fourth-order valence-electron chi connectivity index (χ4n) is 2.72. The maximum Gasteiger partial charge on any atom is 0.226 e. The van der Waals surface area contributed by atoms with Crippen molar-refractivity contribution in [1.29, 1.82) is 0 Å². The van der Waals surface area contributed by atoms with Crippen LogP contribution in [0.25, 0.3) is 0 Å². The van der Waals surface area contributed by atoms with Crippen molar-refractivity contribution in [2.24, 2.45) is 4.99 Å².